The Bertz CT molecular complexity index is 974. The topological polar surface area (TPSA) is 84.9 Å². The maximum Gasteiger partial charge on any atom is 0.255 e. The molecule has 2 aromatic rings. The first kappa shape index (κ1) is 17.7. The van der Waals surface area contributed by atoms with Crippen LogP contribution in [-0.4, -0.2) is 39.8 Å². The normalized spacial score (nSPS) is 18.0. The van der Waals surface area contributed by atoms with Crippen LogP contribution in [0, 0.1) is 0 Å². The van der Waals surface area contributed by atoms with E-state index in [4.69, 9.17) is 9.47 Å². The van der Waals surface area contributed by atoms with Crippen LogP contribution in [0.4, 0.5) is 11.4 Å². The third-order valence-electron chi connectivity index (χ3n) is 4.55. The molecule has 8 heteroatoms. The molecule has 1 N–H and O–H groups in total. The number of nitrogens with one attached hydrogen (secondary N) is 1. The Morgan fingerprint density at radius 2 is 1.81 bits per heavy atom. The molecule has 142 valence electrons. The average Bonchev–Trinajstić information content (AvgIpc) is 2.67. The predicted molar refractivity (Wildman–Crippen MR) is 102 cm³/mol. The van der Waals surface area contributed by atoms with E-state index in [0.717, 1.165) is 6.42 Å². The van der Waals surface area contributed by atoms with Gasteiger partial charge >= 0.3 is 0 Å². The fraction of sp³-hybridized carbons (Fsp3) is 0.316. The van der Waals surface area contributed by atoms with Gasteiger partial charge < -0.3 is 14.8 Å². The first-order valence-electron chi connectivity index (χ1n) is 8.84. The summed E-state index contributed by atoms with van der Waals surface area (Å²) in [6.07, 6.45) is 1.48. The average molecular weight is 388 g/mol. The van der Waals surface area contributed by atoms with Gasteiger partial charge in [0.05, 0.1) is 11.4 Å². The van der Waals surface area contributed by atoms with Crippen LogP contribution in [0.25, 0.3) is 0 Å². The zero-order valence-corrected chi connectivity index (χ0v) is 15.5. The Kier molecular flexibility index (Phi) is 4.65. The Morgan fingerprint density at radius 1 is 1.00 bits per heavy atom. The summed E-state index contributed by atoms with van der Waals surface area (Å²) >= 11 is 0. The molecule has 2 aromatic carbocycles. The van der Waals surface area contributed by atoms with Crippen LogP contribution in [-0.2, 0) is 10.0 Å². The number of rotatable bonds is 3. The monoisotopic (exact) mass is 388 g/mol. The summed E-state index contributed by atoms with van der Waals surface area (Å²) in [6, 6.07) is 11.9. The molecule has 2 aliphatic rings. The molecule has 1 amide bonds. The number of fused-ring (bicyclic) bond motifs is 1. The Morgan fingerprint density at radius 3 is 2.63 bits per heavy atom. The Hall–Kier alpha value is -2.74. The van der Waals surface area contributed by atoms with Crippen molar-refractivity contribution in [3.8, 4) is 11.5 Å². The van der Waals surface area contributed by atoms with Crippen LogP contribution in [0.15, 0.2) is 42.5 Å². The largest absolute Gasteiger partial charge is 0.486 e. The van der Waals surface area contributed by atoms with E-state index in [0.29, 0.717) is 54.6 Å². The molecule has 2 heterocycles. The number of carbonyl (C=O) groups excluding carboxylic acids is 1. The first-order valence-corrected chi connectivity index (χ1v) is 10.5. The van der Waals surface area contributed by atoms with Crippen molar-refractivity contribution in [2.45, 2.75) is 12.8 Å². The molecule has 0 aliphatic carbocycles. The lowest BCUT2D eigenvalue weighted by Crippen LogP contribution is -2.37. The second-order valence-electron chi connectivity index (χ2n) is 6.46. The maximum absolute atomic E-state index is 12.6. The van der Waals surface area contributed by atoms with Gasteiger partial charge in [0.25, 0.3) is 5.91 Å². The molecule has 0 spiro atoms. The molecule has 7 nitrogen and oxygen atoms in total. The molecule has 0 radical (unpaired) electrons. The molecule has 1 fully saturated rings. The molecule has 0 atom stereocenters. The predicted octanol–water partition coefficient (Wildman–Crippen LogP) is 2.64. The van der Waals surface area contributed by atoms with E-state index < -0.39 is 10.0 Å². The van der Waals surface area contributed by atoms with Crippen LogP contribution in [0.1, 0.15) is 23.2 Å². The fourth-order valence-electron chi connectivity index (χ4n) is 3.21. The molecular formula is C19H20N2O5S. The van der Waals surface area contributed by atoms with Crippen LogP contribution in [0.5, 0.6) is 11.5 Å². The summed E-state index contributed by atoms with van der Waals surface area (Å²) in [7, 11) is -3.32. The van der Waals surface area contributed by atoms with E-state index in [2.05, 4.69) is 5.32 Å². The number of hydrogen-bond acceptors (Lipinski definition) is 5. The maximum atomic E-state index is 12.6. The Labute approximate surface area is 157 Å². The molecule has 0 saturated carbocycles. The zero-order valence-electron chi connectivity index (χ0n) is 14.7. The third kappa shape index (κ3) is 3.71. The van der Waals surface area contributed by atoms with E-state index in [9.17, 15) is 13.2 Å². The van der Waals surface area contributed by atoms with Gasteiger partial charge in [-0.25, -0.2) is 8.42 Å². The minimum Gasteiger partial charge on any atom is -0.486 e. The first-order chi connectivity index (χ1) is 13.0. The van der Waals surface area contributed by atoms with Crippen LogP contribution >= 0.6 is 0 Å². The van der Waals surface area contributed by atoms with Gasteiger partial charge in [0.1, 0.15) is 13.2 Å². The summed E-state index contributed by atoms with van der Waals surface area (Å²) < 4.78 is 37.0. The van der Waals surface area contributed by atoms with Gasteiger partial charge in [-0.05, 0) is 43.2 Å². The number of anilines is 2. The molecule has 0 aromatic heterocycles. The number of benzene rings is 2. The number of sulfonamides is 1. The van der Waals surface area contributed by atoms with Crippen molar-refractivity contribution < 1.29 is 22.7 Å². The lowest BCUT2D eigenvalue weighted by atomic mass is 10.1. The lowest BCUT2D eigenvalue weighted by molar-refractivity contribution is 0.102. The number of ether oxygens (including phenoxy) is 2. The SMILES string of the molecule is O=C(Nc1ccc2c(c1)OCCO2)c1cccc(N2CCCCS2(=O)=O)c1. The second-order valence-corrected chi connectivity index (χ2v) is 8.47. The van der Waals surface area contributed by atoms with Gasteiger partial charge in [0.15, 0.2) is 11.5 Å². The number of hydrogen-bond donors (Lipinski definition) is 1. The van der Waals surface area contributed by atoms with Gasteiger partial charge in [-0.1, -0.05) is 6.07 Å². The van der Waals surface area contributed by atoms with Crippen molar-refractivity contribution >= 4 is 27.3 Å². The van der Waals surface area contributed by atoms with Gasteiger partial charge in [-0.2, -0.15) is 0 Å². The third-order valence-corrected chi connectivity index (χ3v) is 6.42. The van der Waals surface area contributed by atoms with E-state index in [-0.39, 0.29) is 11.7 Å². The van der Waals surface area contributed by atoms with Gasteiger partial charge in [-0.3, -0.25) is 9.10 Å². The van der Waals surface area contributed by atoms with Crippen molar-refractivity contribution in [1.82, 2.24) is 0 Å². The highest BCUT2D eigenvalue weighted by molar-refractivity contribution is 7.92. The molecule has 0 bridgehead atoms. The van der Waals surface area contributed by atoms with Crippen LogP contribution in [0.3, 0.4) is 0 Å². The fourth-order valence-corrected chi connectivity index (χ4v) is 4.84. The minimum absolute atomic E-state index is 0.140. The van der Waals surface area contributed by atoms with Crippen molar-refractivity contribution in [2.24, 2.45) is 0 Å². The summed E-state index contributed by atoms with van der Waals surface area (Å²) in [5.41, 5.74) is 1.49. The zero-order chi connectivity index (χ0) is 18.9. The summed E-state index contributed by atoms with van der Waals surface area (Å²) in [5, 5.41) is 2.82. The number of amides is 1. The molecule has 27 heavy (non-hydrogen) atoms. The molecule has 4 rings (SSSR count). The second kappa shape index (κ2) is 7.11. The molecule has 0 unspecified atom stereocenters. The van der Waals surface area contributed by atoms with Crippen molar-refractivity contribution in [3.63, 3.8) is 0 Å². The quantitative estimate of drug-likeness (QED) is 0.874. The van der Waals surface area contributed by atoms with Gasteiger partial charge in [-0.15, -0.1) is 0 Å². The summed E-state index contributed by atoms with van der Waals surface area (Å²) in [5.74, 6) is 1.06. The van der Waals surface area contributed by atoms with Gasteiger partial charge in [0.2, 0.25) is 10.0 Å². The van der Waals surface area contributed by atoms with Crippen LogP contribution < -0.4 is 19.1 Å². The highest BCUT2D eigenvalue weighted by Gasteiger charge is 2.26. The van der Waals surface area contributed by atoms with E-state index in [1.54, 1.807) is 42.5 Å². The molecule has 1 saturated heterocycles. The summed E-state index contributed by atoms with van der Waals surface area (Å²) in [4.78, 5) is 12.6. The molecule has 2 aliphatic heterocycles. The summed E-state index contributed by atoms with van der Waals surface area (Å²) in [6.45, 7) is 1.41. The van der Waals surface area contributed by atoms with E-state index >= 15 is 0 Å². The van der Waals surface area contributed by atoms with E-state index in [1.165, 1.54) is 4.31 Å². The molecular weight excluding hydrogens is 368 g/mol. The van der Waals surface area contributed by atoms with Gasteiger partial charge in [0, 0.05) is 23.9 Å². The highest BCUT2D eigenvalue weighted by Crippen LogP contribution is 2.33. The van der Waals surface area contributed by atoms with E-state index in [1.807, 2.05) is 0 Å². The lowest BCUT2D eigenvalue weighted by Gasteiger charge is -2.28. The number of nitrogens with zero attached hydrogens (tertiary/aromatic N) is 1. The van der Waals surface area contributed by atoms with Crippen LogP contribution in [0.2, 0.25) is 0 Å². The highest BCUT2D eigenvalue weighted by atomic mass is 32.2. The minimum atomic E-state index is -3.32. The van der Waals surface area contributed by atoms with Crippen molar-refractivity contribution in [3.05, 3.63) is 48.0 Å². The Balaban J connectivity index is 1.54. The number of carbonyl (C=O) groups is 1. The van der Waals surface area contributed by atoms with Crippen molar-refractivity contribution in [2.75, 3.05) is 35.1 Å². The van der Waals surface area contributed by atoms with Crippen molar-refractivity contribution in [1.29, 1.82) is 0 Å². The smallest absolute Gasteiger partial charge is 0.255 e. The standard InChI is InChI=1S/C19H20N2O5S/c22-19(20-15-6-7-17-18(13-15)26-10-9-25-17)14-4-3-5-16(12-14)21-8-1-2-11-27(21,23)24/h3-7,12-13H,1-2,8-11H2,(H,20,22).